The Morgan fingerprint density at radius 2 is 2.00 bits per heavy atom. The Kier molecular flexibility index (Phi) is 7.20. The molecule has 0 saturated heterocycles. The molecule has 1 heterocycles. The summed E-state index contributed by atoms with van der Waals surface area (Å²) in [6.07, 6.45) is 1.70. The van der Waals surface area contributed by atoms with Gasteiger partial charge in [0.05, 0.1) is 0 Å². The zero-order chi connectivity index (χ0) is 20.8. The topological polar surface area (TPSA) is 106 Å². The molecule has 0 radical (unpaired) electrons. The minimum Gasteiger partial charge on any atom is -0.480 e. The molecule has 0 unspecified atom stereocenters. The van der Waals surface area contributed by atoms with Gasteiger partial charge in [-0.1, -0.05) is 26.7 Å². The second-order valence-electron chi connectivity index (χ2n) is 6.81. The van der Waals surface area contributed by atoms with E-state index in [9.17, 15) is 19.5 Å². The van der Waals surface area contributed by atoms with Gasteiger partial charge in [-0.25, -0.2) is 9.59 Å². The van der Waals surface area contributed by atoms with Crippen LogP contribution in [0.3, 0.4) is 0 Å². The monoisotopic (exact) mass is 389 g/mol. The first-order valence-corrected chi connectivity index (χ1v) is 9.54. The number of rotatable bonds is 9. The van der Waals surface area contributed by atoms with E-state index in [-0.39, 0.29) is 0 Å². The highest BCUT2D eigenvalue weighted by molar-refractivity contribution is 5.87. The van der Waals surface area contributed by atoms with Crippen LogP contribution in [-0.4, -0.2) is 29.1 Å². The van der Waals surface area contributed by atoms with Gasteiger partial charge < -0.3 is 19.6 Å². The normalized spacial score (nSPS) is 13.1. The van der Waals surface area contributed by atoms with Gasteiger partial charge in [0.25, 0.3) is 5.91 Å². The Balaban J connectivity index is 2.21. The number of aryl methyl sites for hydroxylation is 2. The molecule has 0 fully saturated rings. The lowest BCUT2D eigenvalue weighted by Crippen LogP contribution is -2.46. The highest BCUT2D eigenvalue weighted by atomic mass is 16.5. The summed E-state index contributed by atoms with van der Waals surface area (Å²) in [6.45, 7) is 7.22. The number of ether oxygens (including phenoxy) is 1. The molecule has 1 aromatic heterocycles. The van der Waals surface area contributed by atoms with Crippen molar-refractivity contribution in [1.82, 2.24) is 5.32 Å². The van der Waals surface area contributed by atoms with E-state index >= 15 is 0 Å². The second-order valence-corrected chi connectivity index (χ2v) is 6.81. The number of nitrogens with one attached hydrogen (secondary N) is 1. The molecule has 28 heavy (non-hydrogen) atoms. The van der Waals surface area contributed by atoms with Crippen LogP contribution in [0.15, 0.2) is 27.4 Å². The Morgan fingerprint density at radius 3 is 2.61 bits per heavy atom. The van der Waals surface area contributed by atoms with Crippen molar-refractivity contribution >= 4 is 22.8 Å². The zero-order valence-electron chi connectivity index (χ0n) is 16.7. The van der Waals surface area contributed by atoms with Crippen molar-refractivity contribution in [2.75, 3.05) is 0 Å². The molecule has 0 saturated carbocycles. The summed E-state index contributed by atoms with van der Waals surface area (Å²) in [5.74, 6) is -1.16. The fourth-order valence-electron chi connectivity index (χ4n) is 3.03. The number of unbranched alkanes of at least 4 members (excludes halogenated alkanes) is 1. The van der Waals surface area contributed by atoms with Gasteiger partial charge in [0.1, 0.15) is 17.4 Å². The summed E-state index contributed by atoms with van der Waals surface area (Å²) in [6, 6.07) is 4.06. The predicted molar refractivity (Wildman–Crippen MR) is 106 cm³/mol. The van der Waals surface area contributed by atoms with Crippen LogP contribution in [0.2, 0.25) is 0 Å². The van der Waals surface area contributed by atoms with Gasteiger partial charge in [-0.05, 0) is 44.4 Å². The first kappa shape index (κ1) is 21.5. The van der Waals surface area contributed by atoms with Crippen molar-refractivity contribution in [2.45, 2.75) is 65.5 Å². The quantitative estimate of drug-likeness (QED) is 0.638. The van der Waals surface area contributed by atoms with E-state index in [1.165, 1.54) is 6.07 Å². The van der Waals surface area contributed by atoms with Crippen LogP contribution in [0.1, 0.15) is 51.2 Å². The van der Waals surface area contributed by atoms with Gasteiger partial charge in [-0.3, -0.25) is 4.79 Å². The van der Waals surface area contributed by atoms with Gasteiger partial charge in [0, 0.05) is 17.0 Å². The number of aliphatic carboxylic acids is 1. The van der Waals surface area contributed by atoms with Crippen molar-refractivity contribution in [2.24, 2.45) is 0 Å². The van der Waals surface area contributed by atoms with Gasteiger partial charge in [-0.15, -0.1) is 0 Å². The van der Waals surface area contributed by atoms with E-state index in [0.717, 1.165) is 17.4 Å². The Hall–Kier alpha value is -2.83. The van der Waals surface area contributed by atoms with Crippen LogP contribution >= 0.6 is 0 Å². The minimum absolute atomic E-state index is 0.365. The van der Waals surface area contributed by atoms with Crippen LogP contribution < -0.4 is 15.7 Å². The molecule has 7 nitrogen and oxygen atoms in total. The number of hydrogen-bond donors (Lipinski definition) is 2. The van der Waals surface area contributed by atoms with Crippen molar-refractivity contribution in [3.63, 3.8) is 0 Å². The number of carbonyl (C=O) groups is 2. The Bertz CT molecular complexity index is 917. The molecule has 0 aliphatic heterocycles. The maximum Gasteiger partial charge on any atom is 0.336 e. The Morgan fingerprint density at radius 1 is 1.29 bits per heavy atom. The largest absolute Gasteiger partial charge is 0.480 e. The van der Waals surface area contributed by atoms with Crippen molar-refractivity contribution in [3.8, 4) is 5.75 Å². The molecule has 0 aliphatic carbocycles. The summed E-state index contributed by atoms with van der Waals surface area (Å²) in [4.78, 5) is 35.5. The fourth-order valence-corrected chi connectivity index (χ4v) is 3.03. The third kappa shape index (κ3) is 4.91. The molecule has 2 rings (SSSR count). The van der Waals surface area contributed by atoms with E-state index in [1.54, 1.807) is 26.0 Å². The number of hydrogen-bond acceptors (Lipinski definition) is 5. The molecular formula is C21H27NO6. The van der Waals surface area contributed by atoms with Gasteiger partial charge in [0.2, 0.25) is 0 Å². The molecule has 0 spiro atoms. The standard InChI is InChI=1S/C21H27NO6/c1-5-7-8-16(21(25)26)22-20(24)13(4)27-17-10-9-15-14(6-2)11-18(23)28-19(15)12(17)3/h9-11,13,16H,5-8H2,1-4H3,(H,22,24)(H,25,26)/t13-,16+/m1/s1. The lowest BCUT2D eigenvalue weighted by atomic mass is 10.0. The molecule has 2 atom stereocenters. The van der Waals surface area contributed by atoms with Crippen LogP contribution in [0.5, 0.6) is 5.75 Å². The number of carboxylic acid groups (broad SMARTS) is 1. The lowest BCUT2D eigenvalue weighted by molar-refractivity contribution is -0.143. The molecular weight excluding hydrogens is 362 g/mol. The average molecular weight is 389 g/mol. The first-order valence-electron chi connectivity index (χ1n) is 9.54. The van der Waals surface area contributed by atoms with Crippen molar-refractivity contribution < 1.29 is 23.8 Å². The van der Waals surface area contributed by atoms with Crippen LogP contribution in [-0.2, 0) is 16.0 Å². The number of amides is 1. The molecule has 1 aromatic carbocycles. The first-order chi connectivity index (χ1) is 13.3. The van der Waals surface area contributed by atoms with E-state index in [0.29, 0.717) is 36.2 Å². The van der Waals surface area contributed by atoms with Crippen molar-refractivity contribution in [3.05, 3.63) is 39.7 Å². The SMILES string of the molecule is CCCC[C@H](NC(=O)[C@@H](C)Oc1ccc2c(CC)cc(=O)oc2c1C)C(=O)O. The minimum atomic E-state index is -1.07. The highest BCUT2D eigenvalue weighted by Crippen LogP contribution is 2.29. The van der Waals surface area contributed by atoms with Crippen LogP contribution in [0, 0.1) is 6.92 Å². The highest BCUT2D eigenvalue weighted by Gasteiger charge is 2.24. The van der Waals surface area contributed by atoms with E-state index in [2.05, 4.69) is 5.32 Å². The summed E-state index contributed by atoms with van der Waals surface area (Å²) in [5.41, 5.74) is 1.49. The van der Waals surface area contributed by atoms with Crippen LogP contribution in [0.4, 0.5) is 0 Å². The molecule has 2 N–H and O–H groups in total. The van der Waals surface area contributed by atoms with Gasteiger partial charge in [0.15, 0.2) is 6.10 Å². The van der Waals surface area contributed by atoms with Gasteiger partial charge >= 0.3 is 11.6 Å². The molecule has 2 aromatic rings. The van der Waals surface area contributed by atoms with E-state index < -0.39 is 29.6 Å². The molecule has 0 bridgehead atoms. The summed E-state index contributed by atoms with van der Waals surface area (Å²) in [5, 5.41) is 12.6. The number of fused-ring (bicyclic) bond motifs is 1. The molecule has 0 aliphatic rings. The molecule has 1 amide bonds. The summed E-state index contributed by atoms with van der Waals surface area (Å²) < 4.78 is 11.1. The summed E-state index contributed by atoms with van der Waals surface area (Å²) in [7, 11) is 0. The number of carbonyl (C=O) groups excluding carboxylic acids is 1. The van der Waals surface area contributed by atoms with Crippen molar-refractivity contribution in [1.29, 1.82) is 0 Å². The second kappa shape index (κ2) is 9.39. The third-order valence-corrected chi connectivity index (χ3v) is 4.71. The fraction of sp³-hybridized carbons (Fsp3) is 0.476. The van der Waals surface area contributed by atoms with E-state index in [1.807, 2.05) is 13.8 Å². The van der Waals surface area contributed by atoms with E-state index in [4.69, 9.17) is 9.15 Å². The Labute approximate surface area is 163 Å². The number of benzene rings is 1. The maximum atomic E-state index is 12.4. The predicted octanol–water partition coefficient (Wildman–Crippen LogP) is 3.19. The zero-order valence-corrected chi connectivity index (χ0v) is 16.7. The third-order valence-electron chi connectivity index (χ3n) is 4.71. The average Bonchev–Trinajstić information content (AvgIpc) is 2.66. The van der Waals surface area contributed by atoms with Crippen LogP contribution in [0.25, 0.3) is 11.0 Å². The summed E-state index contributed by atoms with van der Waals surface area (Å²) >= 11 is 0. The lowest BCUT2D eigenvalue weighted by Gasteiger charge is -2.20. The van der Waals surface area contributed by atoms with Gasteiger partial charge in [-0.2, -0.15) is 0 Å². The molecule has 7 heteroatoms. The number of carboxylic acids is 1. The smallest absolute Gasteiger partial charge is 0.336 e. The molecule has 152 valence electrons. The maximum absolute atomic E-state index is 12.4.